The smallest absolute Gasteiger partial charge is 0.123 e. The van der Waals surface area contributed by atoms with Gasteiger partial charge in [-0.25, -0.2) is 4.98 Å². The molecular formula is C17H22N2OS. The number of aromatic nitrogens is 1. The molecule has 0 amide bonds. The number of nitrogens with zero attached hydrogens (tertiary/aromatic N) is 2. The highest BCUT2D eigenvalue weighted by Crippen LogP contribution is 2.28. The van der Waals surface area contributed by atoms with E-state index in [9.17, 15) is 5.11 Å². The molecule has 4 heteroatoms. The second kappa shape index (κ2) is 6.69. The Balaban J connectivity index is 1.70. The van der Waals surface area contributed by atoms with Gasteiger partial charge in [-0.15, -0.1) is 11.3 Å². The Kier molecular flexibility index (Phi) is 4.68. The van der Waals surface area contributed by atoms with E-state index in [1.807, 2.05) is 0 Å². The summed E-state index contributed by atoms with van der Waals surface area (Å²) < 4.78 is 0. The minimum Gasteiger partial charge on any atom is -0.395 e. The van der Waals surface area contributed by atoms with Crippen LogP contribution in [0.25, 0.3) is 10.6 Å². The molecule has 0 aliphatic heterocycles. The average Bonchev–Trinajstić information content (AvgIpc) is 2.86. The van der Waals surface area contributed by atoms with Gasteiger partial charge in [0, 0.05) is 30.1 Å². The van der Waals surface area contributed by atoms with Crippen LogP contribution in [0.2, 0.25) is 0 Å². The SMILES string of the molecule is Cc1ccc(-c2nc(CN(CCO)C3CCC3)cs2)cc1. The number of aliphatic hydroxyl groups is 1. The molecule has 2 aromatic rings. The lowest BCUT2D eigenvalue weighted by molar-refractivity contribution is 0.0935. The van der Waals surface area contributed by atoms with Crippen molar-refractivity contribution in [1.82, 2.24) is 9.88 Å². The summed E-state index contributed by atoms with van der Waals surface area (Å²) in [6, 6.07) is 9.16. The van der Waals surface area contributed by atoms with E-state index in [4.69, 9.17) is 4.98 Å². The maximum Gasteiger partial charge on any atom is 0.123 e. The summed E-state index contributed by atoms with van der Waals surface area (Å²) in [5.41, 5.74) is 3.58. The largest absolute Gasteiger partial charge is 0.395 e. The van der Waals surface area contributed by atoms with Crippen molar-refractivity contribution in [2.45, 2.75) is 38.8 Å². The predicted molar refractivity (Wildman–Crippen MR) is 87.4 cm³/mol. The maximum absolute atomic E-state index is 9.23. The zero-order valence-electron chi connectivity index (χ0n) is 12.5. The van der Waals surface area contributed by atoms with Crippen LogP contribution in [0.15, 0.2) is 29.6 Å². The minimum absolute atomic E-state index is 0.228. The zero-order valence-corrected chi connectivity index (χ0v) is 13.3. The van der Waals surface area contributed by atoms with Crippen LogP contribution in [0.5, 0.6) is 0 Å². The van der Waals surface area contributed by atoms with Gasteiger partial charge in [0.05, 0.1) is 12.3 Å². The van der Waals surface area contributed by atoms with E-state index in [0.717, 1.165) is 23.8 Å². The van der Waals surface area contributed by atoms with Gasteiger partial charge in [-0.05, 0) is 19.8 Å². The first-order chi connectivity index (χ1) is 10.3. The topological polar surface area (TPSA) is 36.4 Å². The van der Waals surface area contributed by atoms with Crippen LogP contribution < -0.4 is 0 Å². The van der Waals surface area contributed by atoms with Gasteiger partial charge in [0.1, 0.15) is 5.01 Å². The average molecular weight is 302 g/mol. The fourth-order valence-corrected chi connectivity index (χ4v) is 3.50. The number of aliphatic hydroxyl groups excluding tert-OH is 1. The highest BCUT2D eigenvalue weighted by atomic mass is 32.1. The van der Waals surface area contributed by atoms with Crippen LogP contribution >= 0.6 is 11.3 Å². The highest BCUT2D eigenvalue weighted by molar-refractivity contribution is 7.13. The lowest BCUT2D eigenvalue weighted by Gasteiger charge is -2.36. The molecule has 112 valence electrons. The molecule has 1 fully saturated rings. The predicted octanol–water partition coefficient (Wildman–Crippen LogP) is 3.47. The molecule has 1 N–H and O–H groups in total. The summed E-state index contributed by atoms with van der Waals surface area (Å²) in [5.74, 6) is 0. The lowest BCUT2D eigenvalue weighted by atomic mass is 9.91. The van der Waals surface area contributed by atoms with Crippen molar-refractivity contribution < 1.29 is 5.11 Å². The number of hydrogen-bond donors (Lipinski definition) is 1. The molecule has 0 radical (unpaired) electrons. The van der Waals surface area contributed by atoms with E-state index < -0.39 is 0 Å². The second-order valence-corrected chi connectivity index (χ2v) is 6.65. The standard InChI is InChI=1S/C17H22N2OS/c1-13-5-7-14(8-6-13)17-18-15(12-21-17)11-19(9-10-20)16-3-2-4-16/h5-8,12,16,20H,2-4,9-11H2,1H3. The molecular weight excluding hydrogens is 280 g/mol. The van der Waals surface area contributed by atoms with Crippen LogP contribution in [0, 0.1) is 6.92 Å². The fourth-order valence-electron chi connectivity index (χ4n) is 2.69. The third-order valence-corrected chi connectivity index (χ3v) is 5.13. The Morgan fingerprint density at radius 3 is 2.67 bits per heavy atom. The van der Waals surface area contributed by atoms with Gasteiger partial charge in [0.2, 0.25) is 0 Å². The molecule has 0 spiro atoms. The molecule has 1 aliphatic carbocycles. The van der Waals surface area contributed by atoms with Crippen LogP contribution in [0.4, 0.5) is 0 Å². The summed E-state index contributed by atoms with van der Waals surface area (Å²) in [6.07, 6.45) is 3.84. The summed E-state index contributed by atoms with van der Waals surface area (Å²) in [7, 11) is 0. The first-order valence-electron chi connectivity index (χ1n) is 7.62. The van der Waals surface area contributed by atoms with E-state index in [2.05, 4.69) is 41.5 Å². The maximum atomic E-state index is 9.23. The molecule has 1 aromatic heterocycles. The van der Waals surface area contributed by atoms with E-state index in [1.54, 1.807) is 11.3 Å². The van der Waals surface area contributed by atoms with Crippen LogP contribution in [-0.4, -0.2) is 34.2 Å². The molecule has 0 saturated heterocycles. The first-order valence-corrected chi connectivity index (χ1v) is 8.50. The summed E-state index contributed by atoms with van der Waals surface area (Å²) in [6.45, 7) is 3.93. The van der Waals surface area contributed by atoms with Crippen molar-refractivity contribution in [3.8, 4) is 10.6 Å². The monoisotopic (exact) mass is 302 g/mol. The molecule has 0 atom stereocenters. The van der Waals surface area contributed by atoms with Crippen molar-refractivity contribution in [2.75, 3.05) is 13.2 Å². The Morgan fingerprint density at radius 1 is 1.29 bits per heavy atom. The molecule has 1 aliphatic rings. The number of rotatable bonds is 6. The second-order valence-electron chi connectivity index (χ2n) is 5.79. The van der Waals surface area contributed by atoms with E-state index >= 15 is 0 Å². The highest BCUT2D eigenvalue weighted by Gasteiger charge is 2.25. The normalized spacial score (nSPS) is 15.4. The van der Waals surface area contributed by atoms with Gasteiger partial charge >= 0.3 is 0 Å². The van der Waals surface area contributed by atoms with Crippen molar-refractivity contribution in [1.29, 1.82) is 0 Å². The zero-order chi connectivity index (χ0) is 14.7. The molecule has 3 rings (SSSR count). The molecule has 3 nitrogen and oxygen atoms in total. The van der Waals surface area contributed by atoms with Gasteiger partial charge in [-0.3, -0.25) is 4.90 Å². The molecule has 1 aromatic carbocycles. The fraction of sp³-hybridized carbons (Fsp3) is 0.471. The summed E-state index contributed by atoms with van der Waals surface area (Å²) >= 11 is 1.71. The third kappa shape index (κ3) is 3.51. The quantitative estimate of drug-likeness (QED) is 0.887. The van der Waals surface area contributed by atoms with E-state index in [-0.39, 0.29) is 6.61 Å². The minimum atomic E-state index is 0.228. The number of aryl methyl sites for hydroxylation is 1. The molecule has 1 saturated carbocycles. The first kappa shape index (κ1) is 14.7. The number of benzene rings is 1. The third-order valence-electron chi connectivity index (χ3n) is 4.19. The van der Waals surface area contributed by atoms with Gasteiger partial charge < -0.3 is 5.11 Å². The Hall–Kier alpha value is -1.23. The van der Waals surface area contributed by atoms with Gasteiger partial charge in [-0.2, -0.15) is 0 Å². The van der Waals surface area contributed by atoms with E-state index in [0.29, 0.717) is 6.04 Å². The molecule has 0 bridgehead atoms. The van der Waals surface area contributed by atoms with Gasteiger partial charge in [-0.1, -0.05) is 36.2 Å². The molecule has 1 heterocycles. The number of hydrogen-bond acceptors (Lipinski definition) is 4. The molecule has 21 heavy (non-hydrogen) atoms. The summed E-state index contributed by atoms with van der Waals surface area (Å²) in [5, 5.41) is 12.5. The molecule has 0 unspecified atom stereocenters. The van der Waals surface area contributed by atoms with E-state index in [1.165, 1.54) is 30.4 Å². The summed E-state index contributed by atoms with van der Waals surface area (Å²) in [4.78, 5) is 7.14. The van der Waals surface area contributed by atoms with Crippen molar-refractivity contribution in [3.05, 3.63) is 40.9 Å². The van der Waals surface area contributed by atoms with Crippen LogP contribution in [0.1, 0.15) is 30.5 Å². The number of thiazole rings is 1. The van der Waals surface area contributed by atoms with Crippen molar-refractivity contribution in [3.63, 3.8) is 0 Å². The van der Waals surface area contributed by atoms with Gasteiger partial charge in [0.25, 0.3) is 0 Å². The van der Waals surface area contributed by atoms with Crippen LogP contribution in [0.3, 0.4) is 0 Å². The Labute approximate surface area is 130 Å². The lowest BCUT2D eigenvalue weighted by Crippen LogP contribution is -2.41. The Bertz CT molecular complexity index is 575. The Morgan fingerprint density at radius 2 is 2.05 bits per heavy atom. The van der Waals surface area contributed by atoms with Crippen LogP contribution in [-0.2, 0) is 6.54 Å². The van der Waals surface area contributed by atoms with Crippen molar-refractivity contribution >= 4 is 11.3 Å². The van der Waals surface area contributed by atoms with Crippen molar-refractivity contribution in [2.24, 2.45) is 0 Å². The van der Waals surface area contributed by atoms with Gasteiger partial charge in [0.15, 0.2) is 0 Å².